The number of benzene rings is 5. The number of fused-ring (bicyclic) bond motifs is 5. The average molecular weight is 2090 g/mol. The van der Waals surface area contributed by atoms with Gasteiger partial charge in [-0.1, -0.05) is 128 Å². The topological polar surface area (TPSA) is 634 Å². The van der Waals surface area contributed by atoms with Crippen LogP contribution in [0.4, 0.5) is 0 Å². The number of aromatic nitrogens is 2. The molecule has 0 unspecified atom stereocenters. The van der Waals surface area contributed by atoms with Gasteiger partial charge in [0.15, 0.2) is 0 Å². The van der Waals surface area contributed by atoms with Crippen LogP contribution in [0, 0.1) is 11.8 Å². The molecule has 44 nitrogen and oxygen atoms in total. The molecule has 0 bridgehead atoms. The van der Waals surface area contributed by atoms with Gasteiger partial charge in [-0.25, -0.2) is 0 Å². The number of para-hydroxylation sites is 2. The number of unbranched alkanes of at least 4 members (excludes halogenated alkanes) is 2. The number of methoxy groups -OCH3 is 2. The first kappa shape index (κ1) is 116. The van der Waals surface area contributed by atoms with Crippen LogP contribution in [0.5, 0.6) is 17.2 Å². The van der Waals surface area contributed by atoms with E-state index in [-0.39, 0.29) is 95.5 Å². The third-order valence-electron chi connectivity index (χ3n) is 27.0. The largest absolute Gasteiger partial charge is 0.508 e. The van der Waals surface area contributed by atoms with Gasteiger partial charge in [0.25, 0.3) is 0 Å². The number of carboxylic acid groups (broad SMARTS) is 1. The Morgan fingerprint density at radius 3 is 1.79 bits per heavy atom. The Hall–Kier alpha value is -14.5. The van der Waals surface area contributed by atoms with Gasteiger partial charge in [-0.15, -0.1) is 11.8 Å². The Labute approximate surface area is 868 Å². The second-order valence-corrected chi connectivity index (χ2v) is 40.1. The molecule has 21 N–H and O–H groups in total. The number of rotatable bonds is 31. The Morgan fingerprint density at radius 1 is 0.544 bits per heavy atom. The summed E-state index contributed by atoms with van der Waals surface area (Å²) in [6.07, 6.45) is 0.701. The summed E-state index contributed by atoms with van der Waals surface area (Å²) in [6.45, 7) is 9.39. The fraction of sp³-hybridized carbons (Fsp3) is 0.519. The highest BCUT2D eigenvalue weighted by Crippen LogP contribution is 2.34. The van der Waals surface area contributed by atoms with E-state index < -0.39 is 254 Å². The van der Waals surface area contributed by atoms with Crippen LogP contribution < -0.4 is 85.2 Å². The Balaban J connectivity index is 1.06. The SMILES string of the molecule is CCCC[C@H]1C(=O)N(C)[C@@H](CCCC)C(=O)N[C@@H](CC(C)C)C(=O)N[C@H](C(=O)NCC(N)=O)CSCC(=O)N[C@@H](Cc2ccc(O)cc2)C(=O)N(C)[C@@H](C)C(=O)N[C@@H](CC(N)=O)C(=O)N2CCC[C@H]2C(=O)N[C@@H](CNCc2cc3c(OC)cccc3cc2OC)C(=O)N[C@@H](CC(C)C)C(=O)N2C[C@H](O)C[C@H]2C(=O)N[C@@H](Cc2c[nH]c3ccccc23)C(=O)N[C@@H](CCN)C(=O)N[C@@H](Cc2cn(CC(=O)O)c3ccccc23)C(=O)N1C. The van der Waals surface area contributed by atoms with Gasteiger partial charge < -0.3 is 135 Å². The molecule has 3 aliphatic heterocycles. The van der Waals surface area contributed by atoms with E-state index in [0.29, 0.717) is 86.6 Å². The van der Waals surface area contributed by atoms with Crippen LogP contribution in [0.1, 0.15) is 154 Å². The number of phenolic OH excluding ortho intramolecular Hbond substituents is 1. The van der Waals surface area contributed by atoms with Crippen LogP contribution in [0.3, 0.4) is 0 Å². The number of ether oxygens (including phenoxy) is 2. The van der Waals surface area contributed by atoms with E-state index in [2.05, 4.69) is 63.5 Å². The molecule has 0 saturated carbocycles. The predicted molar refractivity (Wildman–Crippen MR) is 554 cm³/mol. The number of aliphatic hydroxyl groups excluding tert-OH is 1. The molecule has 3 saturated heterocycles. The molecule has 2 aromatic heterocycles. The number of aliphatic hydroxyl groups is 1. The number of carboxylic acids is 1. The van der Waals surface area contributed by atoms with Crippen molar-refractivity contribution in [1.82, 2.24) is 92.5 Å². The number of aliphatic carboxylic acids is 1. The second-order valence-electron chi connectivity index (χ2n) is 39.0. The molecule has 15 atom stereocenters. The number of H-pyrrole nitrogens is 1. The van der Waals surface area contributed by atoms with E-state index in [1.54, 1.807) is 101 Å². The van der Waals surface area contributed by atoms with Gasteiger partial charge in [0, 0.05) is 124 Å². The lowest BCUT2D eigenvalue weighted by Crippen LogP contribution is -2.62. The molecule has 45 heteroatoms. The normalized spacial score (nSPS) is 23.6. The average Bonchev–Trinajstić information content (AvgIpc) is 1.51. The summed E-state index contributed by atoms with van der Waals surface area (Å²) >= 11 is 0.784. The summed E-state index contributed by atoms with van der Waals surface area (Å²) in [5.74, 6) is -18.0. The summed E-state index contributed by atoms with van der Waals surface area (Å²) in [7, 11) is 6.90. The van der Waals surface area contributed by atoms with Crippen LogP contribution in [0.2, 0.25) is 0 Å². The number of aromatic amines is 1. The quantitative estimate of drug-likeness (QED) is 0.0285. The highest BCUT2D eigenvalue weighted by Gasteiger charge is 2.47. The number of thioether (sulfide) groups is 1. The van der Waals surface area contributed by atoms with Gasteiger partial charge in [-0.2, -0.15) is 0 Å². The standard InChI is InChI=1S/C104H143N21O23S/c1-13-15-27-81-97(139)113-72(39-57(3)4)94(136)119-79(92(134)110-51-88(107)129)55-149-56-89(130)111-75(41-60-32-34-65(126)35-33-60)100(142)120(8)59(7)91(133)115-77(47-87(106)128)102(144)124-38-22-30-82(124)98(140)118-78(50-108-48-63-42-69-61(45-86(63)148-12)23-21-31-85(69)147-11)96(138)116-74(40-58(5)6)103(145)125-53-66(127)46-84(125)99(141)114-73(43-62-49-109-70-26-19-17-24-67(62)70)95(137)112-71(36-37-105)93(135)117-76(101(143)122(10)83(28-16-14-2)104(146)121(81)9)44-64-52-123(54-90(131)132)80-29-20-18-25-68(64)80/h17-21,23-26,29,31-35,42,45,49,52,57-59,66,71-79,81-84,108-109,126-127H,13-16,22,27-28,30,36-41,43-44,46-48,50-51,53-56,105H2,1-12H3,(H2,106,128)(H2,107,129)(H,110,134)(H,111,130)(H,112,137)(H,113,139)(H,114,141)(H,115,133)(H,116,138)(H,117,135)(H,118,140)(H,119,136)(H,131,132)/t59-,66+,71-,72-,73-,74-,75-,76-,77-,78-,79-,81-,82-,83-,84-/m0/s1. The van der Waals surface area contributed by atoms with Gasteiger partial charge in [-0.3, -0.25) is 86.3 Å². The molecule has 3 aliphatic rings. The summed E-state index contributed by atoms with van der Waals surface area (Å²) in [5, 5.41) is 65.1. The van der Waals surface area contributed by atoms with Crippen LogP contribution in [0.25, 0.3) is 32.6 Å². The number of carbonyl (C=O) groups excluding carboxylic acids is 17. The Kier molecular flexibility index (Phi) is 43.0. The molecule has 808 valence electrons. The maximum atomic E-state index is 16.1. The highest BCUT2D eigenvalue weighted by molar-refractivity contribution is 8.00. The van der Waals surface area contributed by atoms with Crippen molar-refractivity contribution in [3.8, 4) is 17.2 Å². The minimum atomic E-state index is -1.81. The van der Waals surface area contributed by atoms with Crippen LogP contribution >= 0.6 is 11.8 Å². The van der Waals surface area contributed by atoms with Gasteiger partial charge >= 0.3 is 5.97 Å². The number of primary amides is 2. The number of hydrogen-bond donors (Lipinski definition) is 18. The van der Waals surface area contributed by atoms with Crippen molar-refractivity contribution in [3.05, 3.63) is 138 Å². The Morgan fingerprint density at radius 2 is 1.12 bits per heavy atom. The summed E-state index contributed by atoms with van der Waals surface area (Å²) < 4.78 is 13.0. The molecule has 3 fully saturated rings. The zero-order valence-electron chi connectivity index (χ0n) is 86.3. The van der Waals surface area contributed by atoms with E-state index in [1.807, 2.05) is 26.0 Å². The van der Waals surface area contributed by atoms with Crippen molar-refractivity contribution in [3.63, 3.8) is 0 Å². The van der Waals surface area contributed by atoms with Crippen molar-refractivity contribution < 1.29 is 111 Å². The van der Waals surface area contributed by atoms with E-state index in [0.717, 1.165) is 36.7 Å². The first-order valence-electron chi connectivity index (χ1n) is 50.4. The molecule has 0 aliphatic carbocycles. The summed E-state index contributed by atoms with van der Waals surface area (Å²) in [6, 6.07) is 6.55. The third kappa shape index (κ3) is 31.6. The number of nitrogens with zero attached hydrogens (tertiary/aromatic N) is 6. The lowest BCUT2D eigenvalue weighted by atomic mass is 9.99. The first-order chi connectivity index (χ1) is 71.0. The van der Waals surface area contributed by atoms with E-state index in [9.17, 15) is 48.9 Å². The lowest BCUT2D eigenvalue weighted by Gasteiger charge is -2.36. The monoisotopic (exact) mass is 2090 g/mol. The van der Waals surface area contributed by atoms with Gasteiger partial charge in [0.05, 0.1) is 39.0 Å². The number of aromatic hydroxyl groups is 1. The number of hydrogen-bond acceptors (Lipinski definition) is 25. The zero-order chi connectivity index (χ0) is 109. The van der Waals surface area contributed by atoms with E-state index in [4.69, 9.17) is 26.7 Å². The highest BCUT2D eigenvalue weighted by atomic mass is 32.2. The number of carbonyl (C=O) groups is 18. The lowest BCUT2D eigenvalue weighted by molar-refractivity contribution is -0.149. The van der Waals surface area contributed by atoms with Crippen LogP contribution in [-0.4, -0.2) is 326 Å². The molecular formula is C104H143N21O23S. The maximum Gasteiger partial charge on any atom is 0.323 e. The number of nitrogens with two attached hydrogens (primary N) is 3. The molecule has 5 heterocycles. The summed E-state index contributed by atoms with van der Waals surface area (Å²) in [4.78, 5) is 276. The molecular weight excluding hydrogens is 1940 g/mol. The van der Waals surface area contributed by atoms with Gasteiger partial charge in [0.2, 0.25) is 100 Å². The third-order valence-corrected chi connectivity index (χ3v) is 28.0. The smallest absolute Gasteiger partial charge is 0.323 e. The van der Waals surface area contributed by atoms with E-state index in [1.165, 1.54) is 82.2 Å². The Bertz CT molecular complexity index is 5980. The van der Waals surface area contributed by atoms with Gasteiger partial charge in [0.1, 0.15) is 108 Å². The molecule has 0 spiro atoms. The zero-order valence-corrected chi connectivity index (χ0v) is 87.1. The predicted octanol–water partition coefficient (Wildman–Crippen LogP) is 0.763. The number of nitrogens with one attached hydrogen (secondary N) is 12. The molecule has 0 radical (unpaired) electrons. The second kappa shape index (κ2) is 55.0. The van der Waals surface area contributed by atoms with Crippen molar-refractivity contribution in [2.75, 3.05) is 79.6 Å². The minimum absolute atomic E-state index is 0.00438. The molecule has 5 aromatic carbocycles. The number of amides is 17. The van der Waals surface area contributed by atoms with Gasteiger partial charge in [-0.05, 0) is 135 Å². The minimum Gasteiger partial charge on any atom is -0.508 e. The number of likely N-dealkylation sites (N-methyl/N-ethyl adjacent to an activating group) is 3. The number of phenols is 1. The fourth-order valence-corrected chi connectivity index (χ4v) is 19.8. The molecule has 10 rings (SSSR count). The molecule has 17 amide bonds. The van der Waals surface area contributed by atoms with Crippen molar-refractivity contribution in [2.45, 2.75) is 255 Å². The fourth-order valence-electron chi connectivity index (χ4n) is 19.0. The summed E-state index contributed by atoms with van der Waals surface area (Å²) in [5.41, 5.74) is 20.5. The molecule has 7 aromatic rings. The van der Waals surface area contributed by atoms with Crippen LogP contribution in [0.15, 0.2) is 116 Å². The van der Waals surface area contributed by atoms with E-state index >= 15 is 52.7 Å². The maximum absolute atomic E-state index is 16.1. The first-order valence-corrected chi connectivity index (χ1v) is 51.5. The van der Waals surface area contributed by atoms with Crippen LogP contribution in [-0.2, 0) is 119 Å². The van der Waals surface area contributed by atoms with Crippen molar-refractivity contribution >= 4 is 151 Å². The molecule has 149 heavy (non-hydrogen) atoms. The van der Waals surface area contributed by atoms with Crippen molar-refractivity contribution in [2.24, 2.45) is 29.0 Å². The van der Waals surface area contributed by atoms with Crippen molar-refractivity contribution in [1.29, 1.82) is 0 Å².